The van der Waals surface area contributed by atoms with E-state index >= 15 is 0 Å². The molecule has 5 nitrogen and oxygen atoms in total. The number of esters is 1. The van der Waals surface area contributed by atoms with Crippen molar-refractivity contribution in [1.82, 2.24) is 0 Å². The largest absolute Gasteiger partial charge is 0.497 e. The fraction of sp³-hybridized carbons (Fsp3) is 0.176. The molecule has 0 amide bonds. The van der Waals surface area contributed by atoms with Gasteiger partial charge in [0.15, 0.2) is 12.4 Å². The van der Waals surface area contributed by atoms with E-state index in [1.54, 1.807) is 18.2 Å². The van der Waals surface area contributed by atoms with Crippen LogP contribution in [0.3, 0.4) is 0 Å². The van der Waals surface area contributed by atoms with Crippen molar-refractivity contribution < 1.29 is 23.8 Å². The van der Waals surface area contributed by atoms with Crippen LogP contribution in [-0.2, 0) is 4.79 Å². The molecule has 0 bridgehead atoms. The molecule has 0 spiro atoms. The van der Waals surface area contributed by atoms with Gasteiger partial charge in [0.1, 0.15) is 17.2 Å². The molecule has 24 heavy (non-hydrogen) atoms. The minimum atomic E-state index is -0.684. The van der Waals surface area contributed by atoms with Gasteiger partial charge in [-0.05, 0) is 37.3 Å². The number of ketones is 1. The third-order valence-electron chi connectivity index (χ3n) is 3.03. The number of Topliss-reactive ketones (excluding diaryl/α,β-unsaturated/α-hetero) is 1. The second-order valence-corrected chi connectivity index (χ2v) is 5.60. The summed E-state index contributed by atoms with van der Waals surface area (Å²) in [5, 5.41) is 0.735. The van der Waals surface area contributed by atoms with Gasteiger partial charge in [-0.25, -0.2) is 4.79 Å². The predicted molar refractivity (Wildman–Crippen MR) is 90.6 cm³/mol. The van der Waals surface area contributed by atoms with E-state index in [0.717, 1.165) is 0 Å². The lowest BCUT2D eigenvalue weighted by Gasteiger charge is -2.11. The summed E-state index contributed by atoms with van der Waals surface area (Å²) < 4.78 is 15.6. The molecule has 0 radical (unpaired) electrons. The van der Waals surface area contributed by atoms with Crippen molar-refractivity contribution in [3.8, 4) is 17.2 Å². The Bertz CT molecular complexity index is 774. The summed E-state index contributed by atoms with van der Waals surface area (Å²) in [4.78, 5) is 23.6. The van der Waals surface area contributed by atoms with Gasteiger partial charge in [0.2, 0.25) is 0 Å². The van der Waals surface area contributed by atoms with Crippen molar-refractivity contribution in [2.24, 2.45) is 0 Å². The van der Waals surface area contributed by atoms with E-state index in [-0.39, 0.29) is 28.7 Å². The Hall–Kier alpha value is -2.24. The fourth-order valence-electron chi connectivity index (χ4n) is 1.89. The van der Waals surface area contributed by atoms with Crippen LogP contribution in [0.25, 0.3) is 0 Å². The molecule has 2 aromatic carbocycles. The van der Waals surface area contributed by atoms with Gasteiger partial charge in [0.25, 0.3) is 0 Å². The fourth-order valence-corrected chi connectivity index (χ4v) is 2.35. The summed E-state index contributed by atoms with van der Waals surface area (Å²) >= 11 is 11.7. The third-order valence-corrected chi connectivity index (χ3v) is 3.56. The van der Waals surface area contributed by atoms with E-state index in [1.165, 1.54) is 32.2 Å². The van der Waals surface area contributed by atoms with Gasteiger partial charge >= 0.3 is 5.97 Å². The highest BCUT2D eigenvalue weighted by molar-refractivity contribution is 6.35. The Balaban J connectivity index is 2.08. The molecule has 2 aromatic rings. The summed E-state index contributed by atoms with van der Waals surface area (Å²) in [6.45, 7) is 0.999. The van der Waals surface area contributed by atoms with Crippen LogP contribution in [-0.4, -0.2) is 25.5 Å². The van der Waals surface area contributed by atoms with Gasteiger partial charge < -0.3 is 14.2 Å². The number of benzene rings is 2. The first-order valence-electron chi connectivity index (χ1n) is 6.88. The van der Waals surface area contributed by atoms with Crippen LogP contribution >= 0.6 is 23.2 Å². The first kappa shape index (κ1) is 18.1. The Labute approximate surface area is 149 Å². The van der Waals surface area contributed by atoms with Crippen LogP contribution in [0.4, 0.5) is 0 Å². The molecule has 0 N–H and O–H groups in total. The average molecular weight is 369 g/mol. The predicted octanol–water partition coefficient (Wildman–Crippen LogP) is 4.19. The molecule has 2 rings (SSSR count). The summed E-state index contributed by atoms with van der Waals surface area (Å²) in [5.74, 6) is -0.0449. The lowest BCUT2D eigenvalue weighted by atomic mass is 10.1. The topological polar surface area (TPSA) is 61.8 Å². The normalized spacial score (nSPS) is 10.2. The number of hydrogen-bond donors (Lipinski definition) is 0. The molecule has 0 saturated heterocycles. The van der Waals surface area contributed by atoms with E-state index in [9.17, 15) is 9.59 Å². The lowest BCUT2D eigenvalue weighted by molar-refractivity contribution is -0.136. The van der Waals surface area contributed by atoms with Gasteiger partial charge in [0.05, 0.1) is 17.7 Å². The van der Waals surface area contributed by atoms with E-state index < -0.39 is 5.97 Å². The van der Waals surface area contributed by atoms with E-state index in [0.29, 0.717) is 16.5 Å². The Morgan fingerprint density at radius 1 is 1.04 bits per heavy atom. The summed E-state index contributed by atoms with van der Waals surface area (Å²) in [5.41, 5.74) is 0.272. The molecule has 7 heteroatoms. The molecular formula is C17H14Cl2O5. The average Bonchev–Trinajstić information content (AvgIpc) is 2.53. The highest BCUT2D eigenvalue weighted by atomic mass is 35.5. The maximum atomic E-state index is 12.0. The number of methoxy groups -OCH3 is 1. The zero-order valence-electron chi connectivity index (χ0n) is 13.0. The summed E-state index contributed by atoms with van der Waals surface area (Å²) in [6, 6.07) is 9.23. The molecule has 0 fully saturated rings. The maximum Gasteiger partial charge on any atom is 0.349 e. The van der Waals surface area contributed by atoms with Gasteiger partial charge in [-0.3, -0.25) is 4.79 Å². The van der Waals surface area contributed by atoms with Crippen molar-refractivity contribution >= 4 is 35.0 Å². The number of rotatable bonds is 6. The summed E-state index contributed by atoms with van der Waals surface area (Å²) in [6.07, 6.45) is 0. The van der Waals surface area contributed by atoms with Gasteiger partial charge in [0, 0.05) is 11.1 Å². The van der Waals surface area contributed by atoms with E-state index in [2.05, 4.69) is 0 Å². The second-order valence-electron chi connectivity index (χ2n) is 4.76. The second kappa shape index (κ2) is 8.04. The standard InChI is InChI=1S/C17H14Cl2O5/c1-10(20)13-5-4-12(22-2)8-16(13)24-17(21)9-23-15-6-3-11(18)7-14(15)19/h3-8H,9H2,1-2H3. The zero-order chi connectivity index (χ0) is 17.7. The highest BCUT2D eigenvalue weighted by Gasteiger charge is 2.15. The smallest absolute Gasteiger partial charge is 0.349 e. The van der Waals surface area contributed by atoms with E-state index in [1.807, 2.05) is 0 Å². The third kappa shape index (κ3) is 4.63. The van der Waals surface area contributed by atoms with Crippen molar-refractivity contribution in [3.05, 3.63) is 52.0 Å². The molecular weight excluding hydrogens is 355 g/mol. The summed E-state index contributed by atoms with van der Waals surface area (Å²) in [7, 11) is 1.47. The number of carbonyl (C=O) groups excluding carboxylic acids is 2. The zero-order valence-corrected chi connectivity index (χ0v) is 14.5. The van der Waals surface area contributed by atoms with Crippen LogP contribution < -0.4 is 14.2 Å². The van der Waals surface area contributed by atoms with Crippen molar-refractivity contribution in [1.29, 1.82) is 0 Å². The van der Waals surface area contributed by atoms with Gasteiger partial charge in [-0.2, -0.15) is 0 Å². The van der Waals surface area contributed by atoms with Crippen LogP contribution in [0, 0.1) is 0 Å². The van der Waals surface area contributed by atoms with Crippen LogP contribution in [0.5, 0.6) is 17.2 Å². The van der Waals surface area contributed by atoms with Gasteiger partial charge in [-0.15, -0.1) is 0 Å². The number of ether oxygens (including phenoxy) is 3. The minimum absolute atomic E-state index is 0.109. The molecule has 0 aliphatic rings. The Kier molecular flexibility index (Phi) is 6.06. The number of halogens is 2. The van der Waals surface area contributed by atoms with Crippen LogP contribution in [0.1, 0.15) is 17.3 Å². The van der Waals surface area contributed by atoms with E-state index in [4.69, 9.17) is 37.4 Å². The molecule has 0 aromatic heterocycles. The monoisotopic (exact) mass is 368 g/mol. The minimum Gasteiger partial charge on any atom is -0.497 e. The SMILES string of the molecule is COc1ccc(C(C)=O)c(OC(=O)COc2ccc(Cl)cc2Cl)c1. The molecule has 0 saturated carbocycles. The molecule has 0 aliphatic heterocycles. The van der Waals surface area contributed by atoms with Gasteiger partial charge in [-0.1, -0.05) is 23.2 Å². The van der Waals surface area contributed by atoms with Crippen molar-refractivity contribution in [2.75, 3.05) is 13.7 Å². The van der Waals surface area contributed by atoms with Crippen molar-refractivity contribution in [2.45, 2.75) is 6.92 Å². The Morgan fingerprint density at radius 3 is 2.42 bits per heavy atom. The molecule has 0 unspecified atom stereocenters. The van der Waals surface area contributed by atoms with Crippen LogP contribution in [0.2, 0.25) is 10.0 Å². The molecule has 0 atom stereocenters. The number of hydrogen-bond acceptors (Lipinski definition) is 5. The van der Waals surface area contributed by atoms with Crippen molar-refractivity contribution in [3.63, 3.8) is 0 Å². The molecule has 0 aliphatic carbocycles. The first-order chi connectivity index (χ1) is 11.4. The molecule has 126 valence electrons. The van der Waals surface area contributed by atoms with Crippen LogP contribution in [0.15, 0.2) is 36.4 Å². The quantitative estimate of drug-likeness (QED) is 0.434. The maximum absolute atomic E-state index is 12.0. The Morgan fingerprint density at radius 2 is 1.79 bits per heavy atom. The lowest BCUT2D eigenvalue weighted by Crippen LogP contribution is -2.19. The number of carbonyl (C=O) groups is 2. The molecule has 0 heterocycles. The first-order valence-corrected chi connectivity index (χ1v) is 7.64. The highest BCUT2D eigenvalue weighted by Crippen LogP contribution is 2.28.